The molecular formula is C22H40O4. The molecule has 0 aromatic carbocycles. The molecule has 0 aromatic heterocycles. The van der Waals surface area contributed by atoms with Crippen LogP contribution in [0.3, 0.4) is 0 Å². The Morgan fingerprint density at radius 3 is 1.96 bits per heavy atom. The molecule has 0 radical (unpaired) electrons. The zero-order valence-electron chi connectivity index (χ0n) is 17.4. The standard InChI is InChI=1S/C21H38O2.CH2O2/c1-5-6-7-8-9-10-11-12-16-21(22)23-18-17-20(4)15-13-14-19(2)3;2-1-3/h14,17H,5-13,15-16,18H2,1-4H3;1H,(H,2,3). The molecule has 0 aliphatic rings. The Hall–Kier alpha value is -1.58. The third-order valence-electron chi connectivity index (χ3n) is 4.00. The number of ether oxygens (including phenoxy) is 1. The molecule has 0 aromatic rings. The van der Waals surface area contributed by atoms with Gasteiger partial charge in [0.05, 0.1) is 0 Å². The average Bonchev–Trinajstić information content (AvgIpc) is 2.57. The Bertz CT molecular complexity index is 393. The molecule has 4 heteroatoms. The van der Waals surface area contributed by atoms with Gasteiger partial charge in [-0.15, -0.1) is 0 Å². The Kier molecular flexibility index (Phi) is 22.0. The minimum atomic E-state index is -0.250. The molecule has 0 atom stereocenters. The molecule has 0 spiro atoms. The van der Waals surface area contributed by atoms with Gasteiger partial charge in [-0.1, -0.05) is 69.1 Å². The Labute approximate surface area is 160 Å². The topological polar surface area (TPSA) is 63.6 Å². The fraction of sp³-hybridized carbons (Fsp3) is 0.727. The van der Waals surface area contributed by atoms with Crippen LogP contribution in [0.25, 0.3) is 0 Å². The van der Waals surface area contributed by atoms with Crippen LogP contribution in [-0.4, -0.2) is 24.2 Å². The monoisotopic (exact) mass is 368 g/mol. The summed E-state index contributed by atoms with van der Waals surface area (Å²) in [4.78, 5) is 20.0. The van der Waals surface area contributed by atoms with Gasteiger partial charge in [-0.3, -0.25) is 9.59 Å². The van der Waals surface area contributed by atoms with E-state index in [2.05, 4.69) is 33.8 Å². The van der Waals surface area contributed by atoms with E-state index in [-0.39, 0.29) is 12.4 Å². The molecule has 0 heterocycles. The van der Waals surface area contributed by atoms with Crippen LogP contribution in [0.5, 0.6) is 0 Å². The number of esters is 1. The number of carbonyl (C=O) groups is 2. The second-order valence-corrected chi connectivity index (χ2v) is 6.88. The minimum Gasteiger partial charge on any atom is -0.483 e. The Morgan fingerprint density at radius 1 is 0.885 bits per heavy atom. The van der Waals surface area contributed by atoms with Crippen molar-refractivity contribution in [1.82, 2.24) is 0 Å². The third-order valence-corrected chi connectivity index (χ3v) is 4.00. The summed E-state index contributed by atoms with van der Waals surface area (Å²) in [5.41, 5.74) is 2.65. The lowest BCUT2D eigenvalue weighted by atomic mass is 10.1. The van der Waals surface area contributed by atoms with Gasteiger partial charge in [-0.25, -0.2) is 0 Å². The zero-order valence-corrected chi connectivity index (χ0v) is 17.4. The maximum atomic E-state index is 11.6. The molecule has 0 rings (SSSR count). The number of rotatable bonds is 14. The highest BCUT2D eigenvalue weighted by molar-refractivity contribution is 5.69. The Balaban J connectivity index is 0. The molecular weight excluding hydrogens is 328 g/mol. The van der Waals surface area contributed by atoms with E-state index in [1.54, 1.807) is 0 Å². The first-order chi connectivity index (χ1) is 12.5. The van der Waals surface area contributed by atoms with E-state index < -0.39 is 0 Å². The molecule has 0 unspecified atom stereocenters. The highest BCUT2D eigenvalue weighted by Gasteiger charge is 2.01. The maximum absolute atomic E-state index is 11.6. The van der Waals surface area contributed by atoms with Crippen LogP contribution in [0.4, 0.5) is 0 Å². The van der Waals surface area contributed by atoms with E-state index in [4.69, 9.17) is 14.6 Å². The maximum Gasteiger partial charge on any atom is 0.306 e. The van der Waals surface area contributed by atoms with Gasteiger partial charge in [0.25, 0.3) is 6.47 Å². The summed E-state index contributed by atoms with van der Waals surface area (Å²) in [5.74, 6) is -0.0515. The summed E-state index contributed by atoms with van der Waals surface area (Å²) in [6.07, 6.45) is 17.0. The minimum absolute atomic E-state index is 0.0515. The first-order valence-electron chi connectivity index (χ1n) is 10.00. The first-order valence-corrected chi connectivity index (χ1v) is 10.00. The van der Waals surface area contributed by atoms with Gasteiger partial charge in [0.1, 0.15) is 6.61 Å². The molecule has 0 fully saturated rings. The van der Waals surface area contributed by atoms with Gasteiger partial charge in [0.15, 0.2) is 0 Å². The van der Waals surface area contributed by atoms with E-state index in [0.29, 0.717) is 13.0 Å². The molecule has 0 saturated carbocycles. The smallest absolute Gasteiger partial charge is 0.306 e. The van der Waals surface area contributed by atoms with E-state index in [9.17, 15) is 4.79 Å². The first kappa shape index (κ1) is 26.6. The van der Waals surface area contributed by atoms with Crippen molar-refractivity contribution in [2.45, 2.75) is 98.3 Å². The number of carboxylic acid groups (broad SMARTS) is 1. The number of hydrogen-bond acceptors (Lipinski definition) is 3. The van der Waals surface area contributed by atoms with Crippen LogP contribution < -0.4 is 0 Å². The summed E-state index contributed by atoms with van der Waals surface area (Å²) in [7, 11) is 0. The highest BCUT2D eigenvalue weighted by atomic mass is 16.5. The third kappa shape index (κ3) is 24.7. The summed E-state index contributed by atoms with van der Waals surface area (Å²) in [6, 6.07) is 0. The summed E-state index contributed by atoms with van der Waals surface area (Å²) in [6.45, 7) is 8.76. The van der Waals surface area contributed by atoms with Crippen LogP contribution in [0.1, 0.15) is 98.3 Å². The van der Waals surface area contributed by atoms with E-state index in [1.807, 2.05) is 6.08 Å². The molecule has 0 amide bonds. The second-order valence-electron chi connectivity index (χ2n) is 6.88. The molecule has 4 nitrogen and oxygen atoms in total. The van der Waals surface area contributed by atoms with Crippen molar-refractivity contribution in [2.24, 2.45) is 0 Å². The predicted molar refractivity (Wildman–Crippen MR) is 109 cm³/mol. The van der Waals surface area contributed by atoms with E-state index >= 15 is 0 Å². The molecule has 0 aliphatic carbocycles. The van der Waals surface area contributed by atoms with Gasteiger partial charge >= 0.3 is 5.97 Å². The zero-order chi connectivity index (χ0) is 20.0. The SMILES string of the molecule is CCCCCCCCCCC(=O)OCC=C(C)CCC=C(C)C.O=CO. The van der Waals surface area contributed by atoms with Crippen LogP contribution >= 0.6 is 0 Å². The fourth-order valence-electron chi connectivity index (χ4n) is 2.44. The average molecular weight is 369 g/mol. The lowest BCUT2D eigenvalue weighted by Crippen LogP contribution is -2.04. The number of unbranched alkanes of at least 4 members (excludes halogenated alkanes) is 7. The molecule has 152 valence electrons. The number of carbonyl (C=O) groups excluding carboxylic acids is 1. The quantitative estimate of drug-likeness (QED) is 0.165. The summed E-state index contributed by atoms with van der Waals surface area (Å²) < 4.78 is 5.27. The molecule has 26 heavy (non-hydrogen) atoms. The summed E-state index contributed by atoms with van der Waals surface area (Å²) >= 11 is 0. The fourth-order valence-corrected chi connectivity index (χ4v) is 2.44. The Morgan fingerprint density at radius 2 is 1.42 bits per heavy atom. The van der Waals surface area contributed by atoms with Gasteiger partial charge in [-0.2, -0.15) is 0 Å². The van der Waals surface area contributed by atoms with Crippen molar-refractivity contribution < 1.29 is 19.4 Å². The van der Waals surface area contributed by atoms with Crippen molar-refractivity contribution in [3.63, 3.8) is 0 Å². The van der Waals surface area contributed by atoms with Crippen molar-refractivity contribution in [2.75, 3.05) is 6.61 Å². The van der Waals surface area contributed by atoms with Crippen molar-refractivity contribution in [3.05, 3.63) is 23.3 Å². The van der Waals surface area contributed by atoms with E-state index in [1.165, 1.54) is 49.7 Å². The summed E-state index contributed by atoms with van der Waals surface area (Å²) in [5, 5.41) is 6.89. The van der Waals surface area contributed by atoms with Gasteiger partial charge in [0, 0.05) is 6.42 Å². The van der Waals surface area contributed by atoms with Gasteiger partial charge < -0.3 is 9.84 Å². The molecule has 0 saturated heterocycles. The van der Waals surface area contributed by atoms with Crippen molar-refractivity contribution >= 4 is 12.4 Å². The van der Waals surface area contributed by atoms with Crippen molar-refractivity contribution in [1.29, 1.82) is 0 Å². The second kappa shape index (κ2) is 21.5. The number of allylic oxidation sites excluding steroid dienone is 3. The molecule has 1 N–H and O–H groups in total. The molecule has 0 bridgehead atoms. The normalized spacial score (nSPS) is 10.5. The number of hydrogen-bond donors (Lipinski definition) is 1. The van der Waals surface area contributed by atoms with Crippen LogP contribution in [0.15, 0.2) is 23.3 Å². The predicted octanol–water partition coefficient (Wildman–Crippen LogP) is 6.45. The highest BCUT2D eigenvalue weighted by Crippen LogP contribution is 2.10. The van der Waals surface area contributed by atoms with E-state index in [0.717, 1.165) is 25.7 Å². The van der Waals surface area contributed by atoms with Gasteiger partial charge in [-0.05, 0) is 46.1 Å². The van der Waals surface area contributed by atoms with Crippen LogP contribution in [-0.2, 0) is 14.3 Å². The molecule has 0 aliphatic heterocycles. The lowest BCUT2D eigenvalue weighted by Gasteiger charge is -2.04. The van der Waals surface area contributed by atoms with Crippen LogP contribution in [0.2, 0.25) is 0 Å². The van der Waals surface area contributed by atoms with Gasteiger partial charge in [0.2, 0.25) is 0 Å². The van der Waals surface area contributed by atoms with Crippen molar-refractivity contribution in [3.8, 4) is 0 Å². The largest absolute Gasteiger partial charge is 0.483 e. The van der Waals surface area contributed by atoms with Crippen LogP contribution in [0, 0.1) is 0 Å². The lowest BCUT2D eigenvalue weighted by molar-refractivity contribution is -0.142.